The first-order chi connectivity index (χ1) is 13.2. The van der Waals surface area contributed by atoms with Crippen LogP contribution in [0.5, 0.6) is 0 Å². The van der Waals surface area contributed by atoms with E-state index in [9.17, 15) is 4.79 Å². The number of hydrogen-bond donors (Lipinski definition) is 3. The Morgan fingerprint density at radius 1 is 1.15 bits per heavy atom. The van der Waals surface area contributed by atoms with Gasteiger partial charge in [-0.1, -0.05) is 22.0 Å². The number of ether oxygens (including phenoxy) is 1. The minimum atomic E-state index is -0.102. The molecule has 0 fully saturated rings. The predicted molar refractivity (Wildman–Crippen MR) is 109 cm³/mol. The Balaban J connectivity index is 1.52. The van der Waals surface area contributed by atoms with E-state index >= 15 is 0 Å². The van der Waals surface area contributed by atoms with Gasteiger partial charge in [0.1, 0.15) is 12.4 Å². The van der Waals surface area contributed by atoms with Gasteiger partial charge in [-0.05, 0) is 36.8 Å². The smallest absolute Gasteiger partial charge is 0.251 e. The number of benzene rings is 1. The SMILES string of the molecule is CN=C(NCCCOCc1ccco1)NCCNC(=O)c1cccc(Br)c1. The minimum Gasteiger partial charge on any atom is -0.467 e. The molecule has 1 heterocycles. The molecule has 1 aromatic carbocycles. The summed E-state index contributed by atoms with van der Waals surface area (Å²) < 4.78 is 11.6. The Morgan fingerprint density at radius 2 is 1.96 bits per heavy atom. The Kier molecular flexibility index (Phi) is 9.43. The molecule has 0 aliphatic heterocycles. The van der Waals surface area contributed by atoms with Gasteiger partial charge in [-0.15, -0.1) is 0 Å². The third kappa shape index (κ3) is 8.27. The maximum absolute atomic E-state index is 12.0. The summed E-state index contributed by atoms with van der Waals surface area (Å²) in [5.41, 5.74) is 0.626. The van der Waals surface area contributed by atoms with Crippen molar-refractivity contribution in [3.63, 3.8) is 0 Å². The molecule has 27 heavy (non-hydrogen) atoms. The largest absolute Gasteiger partial charge is 0.467 e. The van der Waals surface area contributed by atoms with Gasteiger partial charge >= 0.3 is 0 Å². The summed E-state index contributed by atoms with van der Waals surface area (Å²) >= 11 is 3.36. The molecule has 146 valence electrons. The summed E-state index contributed by atoms with van der Waals surface area (Å²) in [6.45, 7) is 2.93. The molecule has 2 rings (SSSR count). The lowest BCUT2D eigenvalue weighted by molar-refractivity contribution is 0.0954. The van der Waals surface area contributed by atoms with E-state index in [2.05, 4.69) is 36.9 Å². The van der Waals surface area contributed by atoms with E-state index in [1.807, 2.05) is 24.3 Å². The Labute approximate surface area is 167 Å². The fraction of sp³-hybridized carbons (Fsp3) is 0.368. The molecule has 0 atom stereocenters. The summed E-state index contributed by atoms with van der Waals surface area (Å²) in [5.74, 6) is 1.41. The molecule has 7 nitrogen and oxygen atoms in total. The molecule has 0 saturated heterocycles. The zero-order valence-electron chi connectivity index (χ0n) is 15.3. The molecule has 8 heteroatoms. The van der Waals surface area contributed by atoms with Crippen molar-refractivity contribution in [2.75, 3.05) is 33.3 Å². The fourth-order valence-corrected chi connectivity index (χ4v) is 2.66. The summed E-state index contributed by atoms with van der Waals surface area (Å²) in [6.07, 6.45) is 2.48. The van der Waals surface area contributed by atoms with E-state index in [4.69, 9.17) is 9.15 Å². The van der Waals surface area contributed by atoms with E-state index in [1.165, 1.54) is 0 Å². The van der Waals surface area contributed by atoms with Gasteiger partial charge in [0.15, 0.2) is 5.96 Å². The Hall–Kier alpha value is -2.32. The van der Waals surface area contributed by atoms with E-state index in [1.54, 1.807) is 25.4 Å². The second-order valence-corrected chi connectivity index (χ2v) is 6.59. The first-order valence-corrected chi connectivity index (χ1v) is 9.57. The average Bonchev–Trinajstić information content (AvgIpc) is 3.19. The van der Waals surface area contributed by atoms with Gasteiger partial charge in [-0.3, -0.25) is 9.79 Å². The van der Waals surface area contributed by atoms with Crippen LogP contribution in [0.1, 0.15) is 22.5 Å². The number of carbonyl (C=O) groups is 1. The lowest BCUT2D eigenvalue weighted by atomic mass is 10.2. The zero-order chi connectivity index (χ0) is 19.3. The van der Waals surface area contributed by atoms with E-state index < -0.39 is 0 Å². The van der Waals surface area contributed by atoms with Crippen LogP contribution in [-0.2, 0) is 11.3 Å². The number of hydrogen-bond acceptors (Lipinski definition) is 4. The van der Waals surface area contributed by atoms with Gasteiger partial charge in [-0.2, -0.15) is 0 Å². The highest BCUT2D eigenvalue weighted by atomic mass is 79.9. The normalized spacial score (nSPS) is 11.3. The predicted octanol–water partition coefficient (Wildman–Crippen LogP) is 2.54. The molecule has 0 radical (unpaired) electrons. The van der Waals surface area contributed by atoms with Gasteiger partial charge in [0.25, 0.3) is 5.91 Å². The second-order valence-electron chi connectivity index (χ2n) is 5.68. The molecule has 0 aliphatic carbocycles. The highest BCUT2D eigenvalue weighted by Gasteiger charge is 2.05. The number of furan rings is 1. The molecule has 0 unspecified atom stereocenters. The van der Waals surface area contributed by atoms with E-state index in [0.717, 1.165) is 23.2 Å². The summed E-state index contributed by atoms with van der Waals surface area (Å²) in [4.78, 5) is 16.2. The third-order valence-corrected chi connectivity index (χ3v) is 4.09. The quantitative estimate of drug-likeness (QED) is 0.302. The Bertz CT molecular complexity index is 720. The minimum absolute atomic E-state index is 0.102. The van der Waals surface area contributed by atoms with Crippen LogP contribution >= 0.6 is 15.9 Å². The van der Waals surface area contributed by atoms with Crippen molar-refractivity contribution < 1.29 is 13.9 Å². The lowest BCUT2D eigenvalue weighted by Gasteiger charge is -2.12. The first kappa shape index (κ1) is 21.0. The highest BCUT2D eigenvalue weighted by Crippen LogP contribution is 2.11. The van der Waals surface area contributed by atoms with Gasteiger partial charge in [0, 0.05) is 43.3 Å². The number of carbonyl (C=O) groups excluding carboxylic acids is 1. The van der Waals surface area contributed by atoms with Gasteiger partial charge in [0.05, 0.1) is 6.26 Å². The fourth-order valence-electron chi connectivity index (χ4n) is 2.26. The number of rotatable bonds is 10. The van der Waals surface area contributed by atoms with Crippen molar-refractivity contribution >= 4 is 27.8 Å². The first-order valence-electron chi connectivity index (χ1n) is 8.77. The number of nitrogens with zero attached hydrogens (tertiary/aromatic N) is 1. The number of guanidine groups is 1. The molecule has 0 aliphatic rings. The van der Waals surface area contributed by atoms with E-state index in [0.29, 0.717) is 37.8 Å². The van der Waals surface area contributed by atoms with Crippen LogP contribution in [0, 0.1) is 0 Å². The topological polar surface area (TPSA) is 87.9 Å². The van der Waals surface area contributed by atoms with Crippen molar-refractivity contribution in [2.45, 2.75) is 13.0 Å². The summed E-state index contributed by atoms with van der Waals surface area (Å²) in [5, 5.41) is 9.24. The summed E-state index contributed by atoms with van der Waals surface area (Å²) in [7, 11) is 1.71. The molecular formula is C19H25BrN4O3. The maximum atomic E-state index is 12.0. The van der Waals surface area contributed by atoms with Crippen LogP contribution in [0.15, 0.2) is 56.5 Å². The van der Waals surface area contributed by atoms with Crippen molar-refractivity contribution in [1.29, 1.82) is 0 Å². The van der Waals surface area contributed by atoms with Crippen molar-refractivity contribution in [2.24, 2.45) is 4.99 Å². The van der Waals surface area contributed by atoms with Crippen LogP contribution in [0.4, 0.5) is 0 Å². The molecule has 3 N–H and O–H groups in total. The molecule has 0 saturated carbocycles. The molecule has 1 amide bonds. The molecular weight excluding hydrogens is 412 g/mol. The third-order valence-electron chi connectivity index (χ3n) is 3.60. The monoisotopic (exact) mass is 436 g/mol. The summed E-state index contributed by atoms with van der Waals surface area (Å²) in [6, 6.07) is 11.0. The molecule has 0 bridgehead atoms. The lowest BCUT2D eigenvalue weighted by Crippen LogP contribution is -2.42. The van der Waals surface area contributed by atoms with Crippen LogP contribution < -0.4 is 16.0 Å². The molecule has 0 spiro atoms. The van der Waals surface area contributed by atoms with Gasteiger partial charge < -0.3 is 25.1 Å². The van der Waals surface area contributed by atoms with Gasteiger partial charge in [-0.25, -0.2) is 0 Å². The average molecular weight is 437 g/mol. The second kappa shape index (κ2) is 12.1. The molecule has 1 aromatic heterocycles. The van der Waals surface area contributed by atoms with Crippen LogP contribution in [0.3, 0.4) is 0 Å². The van der Waals surface area contributed by atoms with Gasteiger partial charge in [0.2, 0.25) is 0 Å². The van der Waals surface area contributed by atoms with Crippen LogP contribution in [0.2, 0.25) is 0 Å². The standard InChI is InChI=1S/C19H25BrN4O3/c1-21-19(23-8-4-11-26-14-17-7-3-12-27-17)24-10-9-22-18(25)15-5-2-6-16(20)13-15/h2-3,5-7,12-13H,4,8-11,14H2,1H3,(H,22,25)(H2,21,23,24). The number of halogens is 1. The van der Waals surface area contributed by atoms with Crippen molar-refractivity contribution in [3.05, 3.63) is 58.5 Å². The highest BCUT2D eigenvalue weighted by molar-refractivity contribution is 9.10. The van der Waals surface area contributed by atoms with Crippen LogP contribution in [0.25, 0.3) is 0 Å². The van der Waals surface area contributed by atoms with E-state index in [-0.39, 0.29) is 5.91 Å². The number of amides is 1. The zero-order valence-corrected chi connectivity index (χ0v) is 16.9. The molecule has 2 aromatic rings. The Morgan fingerprint density at radius 3 is 2.70 bits per heavy atom. The van der Waals surface area contributed by atoms with Crippen molar-refractivity contribution in [3.8, 4) is 0 Å². The van der Waals surface area contributed by atoms with Crippen LogP contribution in [-0.4, -0.2) is 45.2 Å². The maximum Gasteiger partial charge on any atom is 0.251 e. The van der Waals surface area contributed by atoms with Crippen molar-refractivity contribution in [1.82, 2.24) is 16.0 Å². The number of nitrogens with one attached hydrogen (secondary N) is 3. The number of aliphatic imine (C=N–C) groups is 1.